The van der Waals surface area contributed by atoms with Crippen molar-refractivity contribution < 1.29 is 0 Å². The number of aromatic nitrogens is 1. The third-order valence-corrected chi connectivity index (χ3v) is 3.31. The quantitative estimate of drug-likeness (QED) is 0.712. The van der Waals surface area contributed by atoms with Crippen molar-refractivity contribution in [2.45, 2.75) is 12.3 Å². The van der Waals surface area contributed by atoms with E-state index in [0.29, 0.717) is 12.2 Å². The second-order valence-corrected chi connectivity index (χ2v) is 4.42. The lowest BCUT2D eigenvalue weighted by molar-refractivity contribution is 0.693. The summed E-state index contributed by atoms with van der Waals surface area (Å²) in [7, 11) is 0. The second-order valence-electron chi connectivity index (χ2n) is 2.90. The third-order valence-electron chi connectivity index (χ3n) is 2.09. The van der Waals surface area contributed by atoms with Gasteiger partial charge in [-0.05, 0) is 6.07 Å². The Labute approximate surface area is 84.9 Å². The molecular formula is C8H9ClN2OS. The lowest BCUT2D eigenvalue weighted by Crippen LogP contribution is -2.28. The molecule has 13 heavy (non-hydrogen) atoms. The van der Waals surface area contributed by atoms with E-state index in [1.165, 1.54) is 0 Å². The number of fused-ring (bicyclic) bond motifs is 1. The van der Waals surface area contributed by atoms with Gasteiger partial charge in [-0.2, -0.15) is 11.8 Å². The molecule has 5 heteroatoms. The van der Waals surface area contributed by atoms with Crippen molar-refractivity contribution in [1.82, 2.24) is 4.57 Å². The van der Waals surface area contributed by atoms with Gasteiger partial charge in [0, 0.05) is 18.1 Å². The molecule has 0 spiro atoms. The third kappa shape index (κ3) is 1.44. The van der Waals surface area contributed by atoms with Crippen LogP contribution < -0.4 is 11.3 Å². The van der Waals surface area contributed by atoms with E-state index in [0.717, 1.165) is 17.2 Å². The van der Waals surface area contributed by atoms with Gasteiger partial charge in [0.15, 0.2) is 0 Å². The molecular weight excluding hydrogens is 208 g/mol. The minimum absolute atomic E-state index is 0.119. The molecule has 3 nitrogen and oxygen atoms in total. The van der Waals surface area contributed by atoms with Gasteiger partial charge in [0.1, 0.15) is 5.02 Å². The number of nitrogen functional groups attached to an aromatic ring is 1. The predicted octanol–water partition coefficient (Wildman–Crippen LogP) is 1.33. The normalized spacial score (nSPS) is 15.5. The highest BCUT2D eigenvalue weighted by Gasteiger charge is 2.15. The maximum absolute atomic E-state index is 11.5. The molecule has 70 valence electrons. The molecule has 0 aliphatic carbocycles. The van der Waals surface area contributed by atoms with Crippen molar-refractivity contribution >= 4 is 29.1 Å². The summed E-state index contributed by atoms with van der Waals surface area (Å²) in [4.78, 5) is 11.5. The molecule has 1 aromatic heterocycles. The van der Waals surface area contributed by atoms with Crippen molar-refractivity contribution in [1.29, 1.82) is 0 Å². The van der Waals surface area contributed by atoms with Crippen LogP contribution in [0.4, 0.5) is 5.69 Å². The molecule has 0 unspecified atom stereocenters. The van der Waals surface area contributed by atoms with Crippen LogP contribution in [0.5, 0.6) is 0 Å². The van der Waals surface area contributed by atoms with Crippen LogP contribution in [0.2, 0.25) is 5.02 Å². The highest BCUT2D eigenvalue weighted by Crippen LogP contribution is 2.23. The minimum atomic E-state index is -0.119. The fourth-order valence-corrected chi connectivity index (χ4v) is 2.60. The summed E-state index contributed by atoms with van der Waals surface area (Å²) < 4.78 is 1.67. The first-order chi connectivity index (χ1) is 6.20. The van der Waals surface area contributed by atoms with E-state index in [1.807, 2.05) is 0 Å². The summed E-state index contributed by atoms with van der Waals surface area (Å²) >= 11 is 7.51. The van der Waals surface area contributed by atoms with Crippen LogP contribution in [0.1, 0.15) is 5.69 Å². The van der Waals surface area contributed by atoms with Crippen molar-refractivity contribution in [3.05, 3.63) is 27.1 Å². The topological polar surface area (TPSA) is 48.0 Å². The average molecular weight is 217 g/mol. The fraction of sp³-hybridized carbons (Fsp3) is 0.375. The Bertz CT molecular complexity index is 402. The summed E-state index contributed by atoms with van der Waals surface area (Å²) in [6, 6.07) is 1.54. The van der Waals surface area contributed by atoms with E-state index in [1.54, 1.807) is 22.4 Å². The Morgan fingerprint density at radius 1 is 1.62 bits per heavy atom. The van der Waals surface area contributed by atoms with E-state index in [9.17, 15) is 4.79 Å². The highest BCUT2D eigenvalue weighted by molar-refractivity contribution is 7.98. The summed E-state index contributed by atoms with van der Waals surface area (Å²) in [5.41, 5.74) is 7.16. The average Bonchev–Trinajstić information content (AvgIpc) is 2.15. The predicted molar refractivity (Wildman–Crippen MR) is 56.3 cm³/mol. The Kier molecular flexibility index (Phi) is 2.26. The van der Waals surface area contributed by atoms with Gasteiger partial charge in [-0.1, -0.05) is 11.6 Å². The first-order valence-corrected chi connectivity index (χ1v) is 5.49. The molecule has 2 N–H and O–H groups in total. The SMILES string of the molecule is Nc1cc(Cl)c(=O)n2c1CSCC2. The monoisotopic (exact) mass is 216 g/mol. The van der Waals surface area contributed by atoms with Gasteiger partial charge in [-0.25, -0.2) is 0 Å². The molecule has 0 amide bonds. The molecule has 2 heterocycles. The lowest BCUT2D eigenvalue weighted by atomic mass is 10.3. The number of pyridine rings is 1. The zero-order valence-electron chi connectivity index (χ0n) is 6.92. The van der Waals surface area contributed by atoms with Gasteiger partial charge in [-0.15, -0.1) is 0 Å². The van der Waals surface area contributed by atoms with Gasteiger partial charge in [-0.3, -0.25) is 4.79 Å². The molecule has 2 rings (SSSR count). The van der Waals surface area contributed by atoms with E-state index >= 15 is 0 Å². The standard InChI is InChI=1S/C8H9ClN2OS/c9-5-3-6(10)7-4-13-2-1-11(7)8(5)12/h3H,1-2,4,10H2. The summed E-state index contributed by atoms with van der Waals surface area (Å²) in [5.74, 6) is 1.75. The van der Waals surface area contributed by atoms with Crippen molar-refractivity contribution in [3.63, 3.8) is 0 Å². The van der Waals surface area contributed by atoms with Gasteiger partial charge in [0.05, 0.1) is 11.4 Å². The van der Waals surface area contributed by atoms with Gasteiger partial charge < -0.3 is 10.3 Å². The van der Waals surface area contributed by atoms with Crippen LogP contribution in [0, 0.1) is 0 Å². The molecule has 0 bridgehead atoms. The summed E-state index contributed by atoms with van der Waals surface area (Å²) in [6.45, 7) is 0.712. The molecule has 1 aliphatic heterocycles. The van der Waals surface area contributed by atoms with Crippen molar-refractivity contribution in [3.8, 4) is 0 Å². The van der Waals surface area contributed by atoms with Crippen LogP contribution in [0.25, 0.3) is 0 Å². The molecule has 0 saturated heterocycles. The van der Waals surface area contributed by atoms with Gasteiger partial charge in [0.25, 0.3) is 5.56 Å². The lowest BCUT2D eigenvalue weighted by Gasteiger charge is -2.19. The molecule has 1 aliphatic rings. The number of nitrogens with two attached hydrogens (primary N) is 1. The summed E-state index contributed by atoms with van der Waals surface area (Å²) in [5, 5.41) is 0.216. The van der Waals surface area contributed by atoms with Crippen LogP contribution in [-0.2, 0) is 12.3 Å². The van der Waals surface area contributed by atoms with E-state index in [4.69, 9.17) is 17.3 Å². The second kappa shape index (κ2) is 3.27. The van der Waals surface area contributed by atoms with Crippen LogP contribution in [-0.4, -0.2) is 10.3 Å². The maximum atomic E-state index is 11.5. The molecule has 1 aromatic rings. The largest absolute Gasteiger partial charge is 0.397 e. The van der Waals surface area contributed by atoms with E-state index in [-0.39, 0.29) is 10.6 Å². The van der Waals surface area contributed by atoms with E-state index in [2.05, 4.69) is 0 Å². The number of rotatable bonds is 0. The molecule has 0 fully saturated rings. The molecule has 0 saturated carbocycles. The number of halogens is 1. The molecule has 0 atom stereocenters. The van der Waals surface area contributed by atoms with Crippen molar-refractivity contribution in [2.75, 3.05) is 11.5 Å². The number of nitrogens with zero attached hydrogens (tertiary/aromatic N) is 1. The smallest absolute Gasteiger partial charge is 0.269 e. The first kappa shape index (κ1) is 8.97. The van der Waals surface area contributed by atoms with E-state index < -0.39 is 0 Å². The highest BCUT2D eigenvalue weighted by atomic mass is 35.5. The molecule has 0 radical (unpaired) electrons. The van der Waals surface area contributed by atoms with Crippen molar-refractivity contribution in [2.24, 2.45) is 0 Å². The Morgan fingerprint density at radius 3 is 3.15 bits per heavy atom. The Morgan fingerprint density at radius 2 is 2.38 bits per heavy atom. The number of hydrogen-bond donors (Lipinski definition) is 1. The zero-order chi connectivity index (χ0) is 9.42. The number of hydrogen-bond acceptors (Lipinski definition) is 3. The Balaban J connectivity index is 2.70. The van der Waals surface area contributed by atoms with Crippen LogP contribution in [0.3, 0.4) is 0 Å². The summed E-state index contributed by atoms with van der Waals surface area (Å²) in [6.07, 6.45) is 0. The van der Waals surface area contributed by atoms with Crippen LogP contribution >= 0.6 is 23.4 Å². The minimum Gasteiger partial charge on any atom is -0.397 e. The fourth-order valence-electron chi connectivity index (χ4n) is 1.41. The van der Waals surface area contributed by atoms with Crippen LogP contribution in [0.15, 0.2) is 10.9 Å². The van der Waals surface area contributed by atoms with Gasteiger partial charge >= 0.3 is 0 Å². The number of thioether (sulfide) groups is 1. The van der Waals surface area contributed by atoms with Gasteiger partial charge in [0.2, 0.25) is 0 Å². The molecule has 0 aromatic carbocycles. The Hall–Kier alpha value is -0.610. The number of anilines is 1. The first-order valence-electron chi connectivity index (χ1n) is 3.95. The zero-order valence-corrected chi connectivity index (χ0v) is 8.49. The maximum Gasteiger partial charge on any atom is 0.269 e.